The van der Waals surface area contributed by atoms with E-state index in [-0.39, 0.29) is 33.4 Å². The zero-order valence-electron chi connectivity index (χ0n) is 48.4. The van der Waals surface area contributed by atoms with Crippen molar-refractivity contribution in [3.05, 3.63) is 102 Å². The second-order valence-electron chi connectivity index (χ2n) is 26.8. The van der Waals surface area contributed by atoms with Crippen molar-refractivity contribution in [2.75, 3.05) is 13.2 Å². The van der Waals surface area contributed by atoms with Gasteiger partial charge in [0.1, 0.15) is 42.1 Å². The Morgan fingerprint density at radius 1 is 0.575 bits per heavy atom. The Labute approximate surface area is 450 Å². The Kier molecular flexibility index (Phi) is 20.7. The molecular formula is C57H97NO10SSi4. The van der Waals surface area contributed by atoms with Gasteiger partial charge in [-0.25, -0.2) is 0 Å². The van der Waals surface area contributed by atoms with E-state index in [0.717, 1.165) is 16.0 Å². The van der Waals surface area contributed by atoms with Crippen molar-refractivity contribution in [1.29, 1.82) is 0 Å². The van der Waals surface area contributed by atoms with Crippen LogP contribution in [0, 0.1) is 5.92 Å². The van der Waals surface area contributed by atoms with Gasteiger partial charge < -0.3 is 42.5 Å². The number of thioether (sulfide) groups is 1. The maximum Gasteiger partial charge on any atom is 0.192 e. The molecule has 11 atom stereocenters. The van der Waals surface area contributed by atoms with Gasteiger partial charge in [0.15, 0.2) is 33.3 Å². The van der Waals surface area contributed by atoms with E-state index >= 15 is 0 Å². The molecule has 0 bridgehead atoms. The maximum absolute atomic E-state index is 14.0. The van der Waals surface area contributed by atoms with E-state index in [2.05, 4.69) is 135 Å². The zero-order valence-corrected chi connectivity index (χ0v) is 53.2. The molecular weight excluding hydrogens is 1000 g/mol. The molecule has 11 nitrogen and oxygen atoms in total. The molecule has 2 fully saturated rings. The van der Waals surface area contributed by atoms with E-state index in [1.54, 1.807) is 0 Å². The van der Waals surface area contributed by atoms with Crippen LogP contribution >= 0.6 is 11.8 Å². The summed E-state index contributed by atoms with van der Waals surface area (Å²) in [7, 11) is -10.4. The zero-order chi connectivity index (χ0) is 54.8. The van der Waals surface area contributed by atoms with E-state index in [1.165, 1.54) is 11.8 Å². The summed E-state index contributed by atoms with van der Waals surface area (Å²) in [6.07, 6.45) is -7.85. The molecule has 73 heavy (non-hydrogen) atoms. The van der Waals surface area contributed by atoms with Crippen molar-refractivity contribution in [2.24, 2.45) is 5.92 Å². The number of hydrogen-bond acceptors (Lipinski definition) is 12. The van der Waals surface area contributed by atoms with Crippen LogP contribution < -0.4 is 0 Å². The average molecular weight is 1100 g/mol. The van der Waals surface area contributed by atoms with Gasteiger partial charge in [-0.3, -0.25) is 4.84 Å². The van der Waals surface area contributed by atoms with Crippen LogP contribution in [-0.4, -0.2) is 127 Å². The van der Waals surface area contributed by atoms with Gasteiger partial charge in [-0.05, 0) is 95.8 Å². The summed E-state index contributed by atoms with van der Waals surface area (Å²) in [4.78, 5) is 7.90. The molecule has 3 aromatic carbocycles. The molecule has 0 radical (unpaired) electrons. The quantitative estimate of drug-likeness (QED) is 0.0736. The van der Waals surface area contributed by atoms with Gasteiger partial charge in [-0.15, -0.1) is 0 Å². The molecule has 0 aromatic heterocycles. The van der Waals surface area contributed by atoms with Gasteiger partial charge in [-0.2, -0.15) is 5.06 Å². The largest absolute Gasteiger partial charge is 0.414 e. The number of benzene rings is 3. The molecule has 3 aromatic rings. The summed E-state index contributed by atoms with van der Waals surface area (Å²) >= 11 is 1.48. The molecule has 16 heteroatoms. The molecule has 2 aliphatic rings. The number of nitrogens with zero attached hydrogens (tertiary/aromatic N) is 1. The molecule has 0 spiro atoms. The summed E-state index contributed by atoms with van der Waals surface area (Å²) in [5.74, 6) is -1.03. The van der Waals surface area contributed by atoms with E-state index in [0.29, 0.717) is 6.54 Å². The minimum atomic E-state index is -2.75. The van der Waals surface area contributed by atoms with Gasteiger partial charge in [0.2, 0.25) is 0 Å². The van der Waals surface area contributed by atoms with Crippen LogP contribution in [0.1, 0.15) is 94.2 Å². The Hall–Kier alpha value is -1.56. The van der Waals surface area contributed by atoms with Crippen LogP contribution in [0.25, 0.3) is 0 Å². The third-order valence-corrected chi connectivity index (χ3v) is 36.3. The normalized spacial score (nSPS) is 26.8. The minimum absolute atomic E-state index is 0.104. The standard InChI is InChI=1S/C57H97NO10SSi4/c1-54(2,3)70(13,14)63-39-44-49(66-71(15,16)55(4,5)6)51(67-72(17,18)56(7,8)9)52(68-73(19,20)57(10,11)12)50(64-44)48(61)45-46(53(65-43(37-59)47(45)60)69-42-34-28-23-29-35-42)58(36-40-30-24-21-25-31-40)62-38-41-32-26-22-27-33-41/h21-35,43-53,59-61H,36-39H2,1-20H3/t43-,44-,45-,46-,47+,48-,49+,50+,51+,52+,53+/m1/s1. The van der Waals surface area contributed by atoms with Crippen LogP contribution in [0.3, 0.4) is 0 Å². The van der Waals surface area contributed by atoms with Crippen molar-refractivity contribution in [3.63, 3.8) is 0 Å². The average Bonchev–Trinajstić information content (AvgIpc) is 3.28. The van der Waals surface area contributed by atoms with Gasteiger partial charge >= 0.3 is 0 Å². The molecule has 2 aliphatic heterocycles. The highest BCUT2D eigenvalue weighted by Crippen LogP contribution is 2.49. The van der Waals surface area contributed by atoms with Crippen LogP contribution in [0.5, 0.6) is 0 Å². The molecule has 5 rings (SSSR count). The van der Waals surface area contributed by atoms with Gasteiger partial charge in [0.25, 0.3) is 0 Å². The smallest absolute Gasteiger partial charge is 0.192 e. The Morgan fingerprint density at radius 3 is 1.48 bits per heavy atom. The van der Waals surface area contributed by atoms with Crippen molar-refractivity contribution in [3.8, 4) is 0 Å². The summed E-state index contributed by atoms with van der Waals surface area (Å²) < 4.78 is 44.9. The molecule has 412 valence electrons. The fraction of sp³-hybridized carbons (Fsp3) is 0.684. The Bertz CT molecular complexity index is 2150. The third-order valence-electron chi connectivity index (χ3n) is 17.2. The predicted octanol–water partition coefficient (Wildman–Crippen LogP) is 12.8. The summed E-state index contributed by atoms with van der Waals surface area (Å²) in [5.41, 5.74) is 1.17. The van der Waals surface area contributed by atoms with Crippen LogP contribution in [0.15, 0.2) is 95.9 Å². The number of rotatable bonds is 20. The van der Waals surface area contributed by atoms with Crippen molar-refractivity contribution < 1.29 is 47.3 Å². The van der Waals surface area contributed by atoms with E-state index < -0.39 is 106 Å². The number of hydroxylamine groups is 2. The number of aliphatic hydroxyl groups excluding tert-OH is 3. The molecule has 0 saturated carbocycles. The SMILES string of the molecule is CC(C)(C)[Si](C)(C)OC[C@H]1O[C@@H]([C@H](O)[C@H]2[C@@H](O)[C@@H](CO)O[C@@H](Sc3ccccc3)[C@@H]2N(Cc2ccccc2)OCc2ccccc2)[C@H](O[Si](C)(C)C(C)(C)C)[C@@H](O[Si](C)(C)C(C)(C)C)[C@H]1O[Si](C)(C)C(C)(C)C. The molecule has 2 heterocycles. The third kappa shape index (κ3) is 15.4. The fourth-order valence-electron chi connectivity index (χ4n) is 8.35. The lowest BCUT2D eigenvalue weighted by atomic mass is 9.78. The number of ether oxygens (including phenoxy) is 2. The first-order valence-corrected chi connectivity index (χ1v) is 39.2. The predicted molar refractivity (Wildman–Crippen MR) is 309 cm³/mol. The lowest BCUT2D eigenvalue weighted by molar-refractivity contribution is -0.296. The first kappa shape index (κ1) is 62.3. The van der Waals surface area contributed by atoms with Crippen molar-refractivity contribution in [1.82, 2.24) is 5.06 Å². The number of aliphatic hydroxyl groups is 3. The van der Waals surface area contributed by atoms with Crippen LogP contribution in [0.2, 0.25) is 72.5 Å². The molecule has 0 unspecified atom stereocenters. The van der Waals surface area contributed by atoms with Crippen molar-refractivity contribution in [2.45, 2.75) is 234 Å². The fourth-order valence-corrected chi connectivity index (χ4v) is 14.5. The van der Waals surface area contributed by atoms with E-state index in [9.17, 15) is 15.3 Å². The molecule has 0 aliphatic carbocycles. The topological polar surface area (TPSA) is 129 Å². The van der Waals surface area contributed by atoms with Crippen LogP contribution in [0.4, 0.5) is 0 Å². The molecule has 3 N–H and O–H groups in total. The Morgan fingerprint density at radius 2 is 1.01 bits per heavy atom. The molecule has 2 saturated heterocycles. The van der Waals surface area contributed by atoms with Gasteiger partial charge in [-0.1, -0.05) is 174 Å². The van der Waals surface area contributed by atoms with Crippen molar-refractivity contribution >= 4 is 45.0 Å². The second-order valence-corrected chi connectivity index (χ2v) is 47.0. The van der Waals surface area contributed by atoms with Gasteiger partial charge in [0, 0.05) is 17.4 Å². The van der Waals surface area contributed by atoms with Gasteiger partial charge in [0.05, 0.1) is 38.1 Å². The lowest BCUT2D eigenvalue weighted by Gasteiger charge is -2.57. The highest BCUT2D eigenvalue weighted by Gasteiger charge is 2.61. The van der Waals surface area contributed by atoms with E-state index in [4.69, 9.17) is 32.0 Å². The molecule has 0 amide bonds. The first-order valence-electron chi connectivity index (χ1n) is 26.7. The summed E-state index contributed by atoms with van der Waals surface area (Å²) in [6, 6.07) is 29.2. The summed E-state index contributed by atoms with van der Waals surface area (Å²) in [5, 5.41) is 39.3. The first-order chi connectivity index (χ1) is 33.5. The van der Waals surface area contributed by atoms with E-state index in [1.807, 2.05) is 96.1 Å². The second kappa shape index (κ2) is 24.2. The summed E-state index contributed by atoms with van der Waals surface area (Å²) in [6.45, 7) is 45.1. The highest BCUT2D eigenvalue weighted by atomic mass is 32.2. The Balaban J connectivity index is 1.82. The number of hydrogen-bond donors (Lipinski definition) is 3. The lowest BCUT2D eigenvalue weighted by Crippen LogP contribution is -2.72. The monoisotopic (exact) mass is 1100 g/mol. The van der Waals surface area contributed by atoms with Crippen LogP contribution in [-0.2, 0) is 45.2 Å². The highest BCUT2D eigenvalue weighted by molar-refractivity contribution is 7.99. The minimum Gasteiger partial charge on any atom is -0.414 e. The maximum atomic E-state index is 14.0.